The van der Waals surface area contributed by atoms with Crippen molar-refractivity contribution in [1.82, 2.24) is 30.8 Å². The summed E-state index contributed by atoms with van der Waals surface area (Å²) in [5.74, 6) is 0.206. The first-order valence-corrected chi connectivity index (χ1v) is 5.95. The van der Waals surface area contributed by atoms with E-state index >= 15 is 0 Å². The third-order valence-corrected chi connectivity index (χ3v) is 3.02. The average molecular weight is 252 g/mol. The molecule has 1 aliphatic heterocycles. The van der Waals surface area contributed by atoms with Crippen LogP contribution in [0.4, 0.5) is 0 Å². The topological polar surface area (TPSA) is 104 Å². The van der Waals surface area contributed by atoms with Crippen molar-refractivity contribution in [2.75, 3.05) is 6.54 Å². The molecule has 1 aliphatic rings. The molecule has 1 aromatic heterocycles. The Kier molecular flexibility index (Phi) is 3.85. The van der Waals surface area contributed by atoms with Crippen molar-refractivity contribution in [2.24, 2.45) is 0 Å². The van der Waals surface area contributed by atoms with Crippen molar-refractivity contribution in [1.29, 1.82) is 0 Å². The van der Waals surface area contributed by atoms with Crippen molar-refractivity contribution in [2.45, 2.75) is 38.8 Å². The largest absolute Gasteiger partial charge is 0.347 e. The summed E-state index contributed by atoms with van der Waals surface area (Å²) in [5, 5.41) is 15.9. The van der Waals surface area contributed by atoms with Crippen LogP contribution in [0.15, 0.2) is 0 Å². The summed E-state index contributed by atoms with van der Waals surface area (Å²) in [6.45, 7) is 2.36. The summed E-state index contributed by atoms with van der Waals surface area (Å²) in [5.41, 5.74) is 0. The standard InChI is InChI=1S/C10H16N6O2/c1-7(17)16-5-3-2-4-8(16)10(18)11-6-9-12-14-15-13-9/h8H,2-6H2,1H3,(H,11,18)(H,12,13,14,15)/t8-/m1/s1. The quantitative estimate of drug-likeness (QED) is 0.734. The van der Waals surface area contributed by atoms with Crippen LogP contribution in [0.1, 0.15) is 32.0 Å². The molecule has 0 spiro atoms. The second-order valence-electron chi connectivity index (χ2n) is 4.27. The molecule has 0 aliphatic carbocycles. The number of amides is 2. The zero-order chi connectivity index (χ0) is 13.0. The summed E-state index contributed by atoms with van der Waals surface area (Å²) in [7, 11) is 0. The van der Waals surface area contributed by atoms with E-state index in [0.29, 0.717) is 18.8 Å². The van der Waals surface area contributed by atoms with E-state index in [0.717, 1.165) is 12.8 Å². The second-order valence-corrected chi connectivity index (χ2v) is 4.27. The number of nitrogens with zero attached hydrogens (tertiary/aromatic N) is 4. The van der Waals surface area contributed by atoms with E-state index in [4.69, 9.17) is 0 Å². The highest BCUT2D eigenvalue weighted by Crippen LogP contribution is 2.17. The minimum atomic E-state index is -0.372. The molecule has 98 valence electrons. The highest BCUT2D eigenvalue weighted by molar-refractivity contribution is 5.87. The van der Waals surface area contributed by atoms with Gasteiger partial charge in [-0.1, -0.05) is 5.21 Å². The van der Waals surface area contributed by atoms with Gasteiger partial charge in [-0.05, 0) is 19.3 Å². The van der Waals surface area contributed by atoms with Gasteiger partial charge in [0.25, 0.3) is 0 Å². The number of piperidine rings is 1. The van der Waals surface area contributed by atoms with Gasteiger partial charge in [0, 0.05) is 13.5 Å². The van der Waals surface area contributed by atoms with Gasteiger partial charge in [0.15, 0.2) is 5.82 Å². The fraction of sp³-hybridized carbons (Fsp3) is 0.700. The lowest BCUT2D eigenvalue weighted by Crippen LogP contribution is -2.51. The van der Waals surface area contributed by atoms with Crippen LogP contribution < -0.4 is 5.32 Å². The van der Waals surface area contributed by atoms with Gasteiger partial charge in [0.1, 0.15) is 6.04 Å². The van der Waals surface area contributed by atoms with Crippen LogP contribution in [0.3, 0.4) is 0 Å². The van der Waals surface area contributed by atoms with Gasteiger partial charge in [-0.15, -0.1) is 10.2 Å². The highest BCUT2D eigenvalue weighted by atomic mass is 16.2. The van der Waals surface area contributed by atoms with Crippen molar-refractivity contribution in [3.8, 4) is 0 Å². The summed E-state index contributed by atoms with van der Waals surface area (Å²) < 4.78 is 0. The van der Waals surface area contributed by atoms with Crippen LogP contribution in [0, 0.1) is 0 Å². The van der Waals surface area contributed by atoms with Gasteiger partial charge in [0.05, 0.1) is 6.54 Å². The first-order valence-electron chi connectivity index (χ1n) is 5.95. The number of hydrogen-bond donors (Lipinski definition) is 2. The number of aromatic nitrogens is 4. The van der Waals surface area contributed by atoms with Crippen LogP contribution in [0.5, 0.6) is 0 Å². The molecule has 18 heavy (non-hydrogen) atoms. The predicted molar refractivity (Wildman–Crippen MR) is 61.1 cm³/mol. The third kappa shape index (κ3) is 2.82. The molecule has 2 rings (SSSR count). The second kappa shape index (κ2) is 5.56. The molecule has 1 saturated heterocycles. The molecular weight excluding hydrogens is 236 g/mol. The lowest BCUT2D eigenvalue weighted by atomic mass is 10.0. The lowest BCUT2D eigenvalue weighted by molar-refractivity contribution is -0.140. The number of H-pyrrole nitrogens is 1. The van der Waals surface area contributed by atoms with E-state index in [1.54, 1.807) is 4.90 Å². The van der Waals surface area contributed by atoms with E-state index in [1.165, 1.54) is 6.92 Å². The zero-order valence-corrected chi connectivity index (χ0v) is 10.2. The van der Waals surface area contributed by atoms with E-state index in [2.05, 4.69) is 25.9 Å². The van der Waals surface area contributed by atoms with Gasteiger partial charge in [0.2, 0.25) is 11.8 Å². The number of carbonyl (C=O) groups is 2. The fourth-order valence-electron chi connectivity index (χ4n) is 2.12. The lowest BCUT2D eigenvalue weighted by Gasteiger charge is -2.33. The van der Waals surface area contributed by atoms with Crippen molar-refractivity contribution >= 4 is 11.8 Å². The molecule has 0 saturated carbocycles. The Morgan fingerprint density at radius 2 is 2.33 bits per heavy atom. The Hall–Kier alpha value is -1.99. The van der Waals surface area contributed by atoms with Crippen LogP contribution >= 0.6 is 0 Å². The number of rotatable bonds is 3. The maximum absolute atomic E-state index is 12.0. The molecule has 2 N–H and O–H groups in total. The van der Waals surface area contributed by atoms with Gasteiger partial charge in [-0.2, -0.15) is 5.21 Å². The normalized spacial score (nSPS) is 19.6. The van der Waals surface area contributed by atoms with Crippen LogP contribution in [0.25, 0.3) is 0 Å². The summed E-state index contributed by atoms with van der Waals surface area (Å²) >= 11 is 0. The van der Waals surface area contributed by atoms with E-state index < -0.39 is 0 Å². The Balaban J connectivity index is 1.92. The number of hydrogen-bond acceptors (Lipinski definition) is 5. The summed E-state index contributed by atoms with van der Waals surface area (Å²) in [6.07, 6.45) is 2.62. The molecule has 2 heterocycles. The number of nitrogens with one attached hydrogen (secondary N) is 2. The molecule has 0 unspecified atom stereocenters. The summed E-state index contributed by atoms with van der Waals surface area (Å²) in [6, 6.07) is -0.372. The van der Waals surface area contributed by atoms with E-state index in [9.17, 15) is 9.59 Å². The minimum absolute atomic E-state index is 0.0607. The van der Waals surface area contributed by atoms with Crippen LogP contribution in [0.2, 0.25) is 0 Å². The van der Waals surface area contributed by atoms with Crippen molar-refractivity contribution in [3.63, 3.8) is 0 Å². The van der Waals surface area contributed by atoms with Gasteiger partial charge < -0.3 is 10.2 Å². The molecule has 1 atom stereocenters. The molecular formula is C10H16N6O2. The molecule has 0 bridgehead atoms. The Bertz CT molecular complexity index is 418. The minimum Gasteiger partial charge on any atom is -0.347 e. The number of carbonyl (C=O) groups excluding carboxylic acids is 2. The van der Waals surface area contributed by atoms with Crippen molar-refractivity contribution < 1.29 is 9.59 Å². The molecule has 8 nitrogen and oxygen atoms in total. The molecule has 1 aromatic rings. The monoisotopic (exact) mass is 252 g/mol. The van der Waals surface area contributed by atoms with Gasteiger partial charge >= 0.3 is 0 Å². The maximum Gasteiger partial charge on any atom is 0.243 e. The number of aromatic amines is 1. The van der Waals surface area contributed by atoms with Gasteiger partial charge in [-0.25, -0.2) is 0 Å². The van der Waals surface area contributed by atoms with Crippen LogP contribution in [-0.4, -0.2) is 49.9 Å². The molecule has 0 aromatic carbocycles. The summed E-state index contributed by atoms with van der Waals surface area (Å²) in [4.78, 5) is 25.1. The fourth-order valence-corrected chi connectivity index (χ4v) is 2.12. The van der Waals surface area contributed by atoms with Crippen LogP contribution in [-0.2, 0) is 16.1 Å². The molecule has 0 radical (unpaired) electrons. The predicted octanol–water partition coefficient (Wildman–Crippen LogP) is -0.783. The smallest absolute Gasteiger partial charge is 0.243 e. The average Bonchev–Trinajstić information content (AvgIpc) is 2.89. The Morgan fingerprint density at radius 3 is 3.00 bits per heavy atom. The third-order valence-electron chi connectivity index (χ3n) is 3.02. The van der Waals surface area contributed by atoms with Gasteiger partial charge in [-0.3, -0.25) is 9.59 Å². The van der Waals surface area contributed by atoms with E-state index in [-0.39, 0.29) is 24.4 Å². The zero-order valence-electron chi connectivity index (χ0n) is 10.2. The molecule has 1 fully saturated rings. The first-order chi connectivity index (χ1) is 8.68. The van der Waals surface area contributed by atoms with E-state index in [1.807, 2.05) is 0 Å². The first kappa shape index (κ1) is 12.5. The van der Waals surface area contributed by atoms with Crippen molar-refractivity contribution in [3.05, 3.63) is 5.82 Å². The Labute approximate surface area is 104 Å². The molecule has 8 heteroatoms. The highest BCUT2D eigenvalue weighted by Gasteiger charge is 2.30. The number of tetrazole rings is 1. The Morgan fingerprint density at radius 1 is 1.50 bits per heavy atom. The SMILES string of the molecule is CC(=O)N1CCCC[C@@H]1C(=O)NCc1nn[nH]n1. The number of likely N-dealkylation sites (tertiary alicyclic amines) is 1. The maximum atomic E-state index is 12.0. The molecule has 2 amide bonds.